The number of hydrazine groups is 1. The van der Waals surface area contributed by atoms with Crippen molar-refractivity contribution in [2.24, 2.45) is 5.84 Å². The summed E-state index contributed by atoms with van der Waals surface area (Å²) in [5.41, 5.74) is 6.76. The fourth-order valence-electron chi connectivity index (χ4n) is 2.80. The summed E-state index contributed by atoms with van der Waals surface area (Å²) in [5, 5.41) is 0. The van der Waals surface area contributed by atoms with Gasteiger partial charge in [0.15, 0.2) is 0 Å². The number of ether oxygens (including phenoxy) is 1. The lowest BCUT2D eigenvalue weighted by atomic mass is 9.94. The Morgan fingerprint density at radius 1 is 1.26 bits per heavy atom. The summed E-state index contributed by atoms with van der Waals surface area (Å²) in [7, 11) is 1.70. The van der Waals surface area contributed by atoms with Gasteiger partial charge in [-0.25, -0.2) is 5.43 Å². The molecule has 3 N–H and O–H groups in total. The summed E-state index contributed by atoms with van der Waals surface area (Å²) in [4.78, 5) is 0. The van der Waals surface area contributed by atoms with Gasteiger partial charge in [0.1, 0.15) is 5.75 Å². The number of rotatable bonds is 4. The molecule has 104 valence electrons. The standard InChI is InChI=1S/C16H24N2O/c1-12-11-14(9-10-15(12)19-2)16(18-17)13-7-5-3-4-6-8-13/h7,9-11,16,18H,3-6,8,17H2,1-2H3. The second-order valence-corrected chi connectivity index (χ2v) is 5.21. The van der Waals surface area contributed by atoms with Crippen molar-refractivity contribution < 1.29 is 4.74 Å². The third kappa shape index (κ3) is 3.37. The van der Waals surface area contributed by atoms with E-state index in [1.807, 2.05) is 6.07 Å². The fourth-order valence-corrected chi connectivity index (χ4v) is 2.80. The van der Waals surface area contributed by atoms with Gasteiger partial charge in [0.25, 0.3) is 0 Å². The molecule has 2 rings (SSSR count). The number of nitrogens with two attached hydrogens (primary N) is 1. The van der Waals surface area contributed by atoms with E-state index in [4.69, 9.17) is 10.6 Å². The molecule has 1 aromatic carbocycles. The molecule has 1 unspecified atom stereocenters. The van der Waals surface area contributed by atoms with Gasteiger partial charge in [-0.3, -0.25) is 5.84 Å². The molecule has 0 aromatic heterocycles. The van der Waals surface area contributed by atoms with Crippen molar-refractivity contribution in [1.82, 2.24) is 5.43 Å². The molecule has 1 aromatic rings. The molecule has 0 fully saturated rings. The average molecular weight is 260 g/mol. The maximum atomic E-state index is 5.79. The summed E-state index contributed by atoms with van der Waals surface area (Å²) >= 11 is 0. The van der Waals surface area contributed by atoms with Gasteiger partial charge in [-0.1, -0.05) is 30.2 Å². The van der Waals surface area contributed by atoms with E-state index in [1.165, 1.54) is 36.8 Å². The third-order valence-electron chi connectivity index (χ3n) is 3.87. The molecule has 3 heteroatoms. The van der Waals surface area contributed by atoms with Gasteiger partial charge >= 0.3 is 0 Å². The summed E-state index contributed by atoms with van der Waals surface area (Å²) in [5.74, 6) is 6.71. The maximum absolute atomic E-state index is 5.79. The normalized spacial score (nSPS) is 17.5. The van der Waals surface area contributed by atoms with Crippen LogP contribution < -0.4 is 16.0 Å². The average Bonchev–Trinajstić information content (AvgIpc) is 2.69. The van der Waals surface area contributed by atoms with Crippen LogP contribution in [0.3, 0.4) is 0 Å². The molecule has 0 saturated carbocycles. The van der Waals surface area contributed by atoms with Crippen molar-refractivity contribution in [2.45, 2.75) is 45.1 Å². The third-order valence-corrected chi connectivity index (χ3v) is 3.87. The molecule has 19 heavy (non-hydrogen) atoms. The van der Waals surface area contributed by atoms with Crippen molar-refractivity contribution >= 4 is 0 Å². The molecule has 1 atom stereocenters. The Balaban J connectivity index is 2.25. The van der Waals surface area contributed by atoms with Crippen LogP contribution in [0.15, 0.2) is 29.8 Å². The van der Waals surface area contributed by atoms with Crippen LogP contribution in [0.25, 0.3) is 0 Å². The van der Waals surface area contributed by atoms with Crippen molar-refractivity contribution in [2.75, 3.05) is 7.11 Å². The summed E-state index contributed by atoms with van der Waals surface area (Å²) in [6, 6.07) is 6.41. The van der Waals surface area contributed by atoms with Crippen LogP contribution in [-0.2, 0) is 0 Å². The number of nitrogens with one attached hydrogen (secondary N) is 1. The highest BCUT2D eigenvalue weighted by atomic mass is 16.5. The van der Waals surface area contributed by atoms with Crippen LogP contribution in [0.1, 0.15) is 49.3 Å². The van der Waals surface area contributed by atoms with E-state index in [9.17, 15) is 0 Å². The first kappa shape index (κ1) is 14.1. The molecule has 1 aliphatic carbocycles. The number of hydrogen-bond donors (Lipinski definition) is 2. The zero-order valence-corrected chi connectivity index (χ0v) is 11.9. The Morgan fingerprint density at radius 3 is 2.79 bits per heavy atom. The van der Waals surface area contributed by atoms with Crippen molar-refractivity contribution in [3.05, 3.63) is 41.0 Å². The van der Waals surface area contributed by atoms with Crippen LogP contribution in [0.4, 0.5) is 0 Å². The Kier molecular flexibility index (Phi) is 5.00. The van der Waals surface area contributed by atoms with Crippen LogP contribution in [0.2, 0.25) is 0 Å². The van der Waals surface area contributed by atoms with Gasteiger partial charge in [-0.05, 0) is 49.8 Å². The van der Waals surface area contributed by atoms with Crippen LogP contribution in [0, 0.1) is 6.92 Å². The number of allylic oxidation sites excluding steroid dienone is 1. The van der Waals surface area contributed by atoms with Crippen LogP contribution >= 0.6 is 0 Å². The second-order valence-electron chi connectivity index (χ2n) is 5.21. The largest absolute Gasteiger partial charge is 0.496 e. The van der Waals surface area contributed by atoms with E-state index in [2.05, 4.69) is 30.6 Å². The molecule has 1 aliphatic rings. The van der Waals surface area contributed by atoms with Crippen molar-refractivity contribution in [3.63, 3.8) is 0 Å². The predicted octanol–water partition coefficient (Wildman–Crippen LogP) is 3.40. The lowest BCUT2D eigenvalue weighted by molar-refractivity contribution is 0.411. The Labute approximate surface area is 115 Å². The molecule has 3 nitrogen and oxygen atoms in total. The SMILES string of the molecule is COc1ccc(C(NN)C2=CCCCCC2)cc1C. The maximum Gasteiger partial charge on any atom is 0.121 e. The molecule has 0 spiro atoms. The van der Waals surface area contributed by atoms with Crippen molar-refractivity contribution in [3.8, 4) is 5.75 Å². The Hall–Kier alpha value is -1.32. The quantitative estimate of drug-likeness (QED) is 0.495. The highest BCUT2D eigenvalue weighted by Gasteiger charge is 2.17. The van der Waals surface area contributed by atoms with Gasteiger partial charge < -0.3 is 4.74 Å². The first-order valence-corrected chi connectivity index (χ1v) is 7.06. The van der Waals surface area contributed by atoms with Gasteiger partial charge in [0.05, 0.1) is 13.2 Å². The summed E-state index contributed by atoms with van der Waals surface area (Å²) in [6.07, 6.45) is 8.54. The Bertz CT molecular complexity index is 454. The van der Waals surface area contributed by atoms with Gasteiger partial charge in [0, 0.05) is 0 Å². The monoisotopic (exact) mass is 260 g/mol. The van der Waals surface area contributed by atoms with Gasteiger partial charge in [-0.15, -0.1) is 0 Å². The topological polar surface area (TPSA) is 47.3 Å². The molecular formula is C16H24N2O. The molecule has 0 amide bonds. The van der Waals surface area contributed by atoms with E-state index >= 15 is 0 Å². The van der Waals surface area contributed by atoms with Gasteiger partial charge in [-0.2, -0.15) is 0 Å². The van der Waals surface area contributed by atoms with E-state index in [1.54, 1.807) is 7.11 Å². The lowest BCUT2D eigenvalue weighted by Gasteiger charge is -2.21. The smallest absolute Gasteiger partial charge is 0.121 e. The van der Waals surface area contributed by atoms with E-state index in [-0.39, 0.29) is 6.04 Å². The first-order valence-electron chi connectivity index (χ1n) is 7.06. The van der Waals surface area contributed by atoms with E-state index in [0.29, 0.717) is 0 Å². The van der Waals surface area contributed by atoms with Gasteiger partial charge in [0.2, 0.25) is 0 Å². The Morgan fingerprint density at radius 2 is 2.11 bits per heavy atom. The molecule has 0 saturated heterocycles. The zero-order valence-electron chi connectivity index (χ0n) is 11.9. The summed E-state index contributed by atoms with van der Waals surface area (Å²) < 4.78 is 5.31. The molecule has 0 bridgehead atoms. The fraction of sp³-hybridized carbons (Fsp3) is 0.500. The number of hydrogen-bond acceptors (Lipinski definition) is 3. The highest BCUT2D eigenvalue weighted by Crippen LogP contribution is 2.30. The van der Waals surface area contributed by atoms with Crippen LogP contribution in [-0.4, -0.2) is 7.11 Å². The minimum absolute atomic E-state index is 0.128. The molecule has 0 heterocycles. The molecule has 0 radical (unpaired) electrons. The number of benzene rings is 1. The highest BCUT2D eigenvalue weighted by molar-refractivity contribution is 5.39. The van der Waals surface area contributed by atoms with Crippen molar-refractivity contribution in [1.29, 1.82) is 0 Å². The predicted molar refractivity (Wildman–Crippen MR) is 79.0 cm³/mol. The number of methoxy groups -OCH3 is 1. The second kappa shape index (κ2) is 6.73. The van der Waals surface area contributed by atoms with Crippen LogP contribution in [0.5, 0.6) is 5.75 Å². The van der Waals surface area contributed by atoms with E-state index in [0.717, 1.165) is 17.7 Å². The zero-order chi connectivity index (χ0) is 13.7. The molecular weight excluding hydrogens is 236 g/mol. The lowest BCUT2D eigenvalue weighted by Crippen LogP contribution is -2.29. The first-order chi connectivity index (χ1) is 9.26. The minimum atomic E-state index is 0.128. The molecule has 0 aliphatic heterocycles. The summed E-state index contributed by atoms with van der Waals surface area (Å²) in [6.45, 7) is 2.07. The number of aryl methyl sites for hydroxylation is 1. The van der Waals surface area contributed by atoms with E-state index < -0.39 is 0 Å². The minimum Gasteiger partial charge on any atom is -0.496 e.